The van der Waals surface area contributed by atoms with E-state index in [1.807, 2.05) is 33.8 Å². The van der Waals surface area contributed by atoms with Gasteiger partial charge in [0.05, 0.1) is 16.0 Å². The monoisotopic (exact) mass is 802 g/mol. The summed E-state index contributed by atoms with van der Waals surface area (Å²) in [7, 11) is 2.09. The van der Waals surface area contributed by atoms with Crippen LogP contribution in [0.5, 0.6) is 0 Å². The topological polar surface area (TPSA) is 80.4 Å². The predicted molar refractivity (Wildman–Crippen MR) is 189 cm³/mol. The second-order valence-electron chi connectivity index (χ2n) is 11.9. The van der Waals surface area contributed by atoms with Crippen LogP contribution in [-0.2, 0) is 24.9 Å². The number of allylic oxidation sites excluding steroid dienone is 2. The van der Waals surface area contributed by atoms with Crippen LogP contribution in [0.25, 0.3) is 25.9 Å². The maximum absolute atomic E-state index is 11.7. The minimum Gasteiger partial charge on any atom is -0.682 e. The van der Waals surface area contributed by atoms with Crippen molar-refractivity contribution in [3.05, 3.63) is 82.0 Å². The van der Waals surface area contributed by atoms with Crippen molar-refractivity contribution in [1.29, 1.82) is 0 Å². The van der Waals surface area contributed by atoms with Gasteiger partial charge in [-0.3, -0.25) is 4.79 Å². The fraction of sp³-hybridized carbons (Fsp3) is 0.417. The molecule has 9 heteroatoms. The van der Waals surface area contributed by atoms with E-state index in [4.69, 9.17) is 10.2 Å². The number of aromatic nitrogens is 2. The van der Waals surface area contributed by atoms with E-state index in [9.17, 15) is 9.90 Å². The third kappa shape index (κ3) is 7.70. The first-order valence-electron chi connectivity index (χ1n) is 15.8. The van der Waals surface area contributed by atoms with E-state index in [1.165, 1.54) is 38.8 Å². The minimum atomic E-state index is -0.121. The Balaban J connectivity index is 0.000000297. The SMILES string of the molecule is CCC(CC)C(=O)/C=C(\O)C(CC)CC.Cc1cc(C)c(-c2sc3c(B4[N-]c5ccccc5N4C)ncnc3c2C)c(C)c1.[Ir]. The molecule has 0 spiro atoms. The van der Waals surface area contributed by atoms with Gasteiger partial charge in [-0.2, -0.15) is 0 Å². The van der Waals surface area contributed by atoms with Gasteiger partial charge in [0.1, 0.15) is 6.33 Å². The van der Waals surface area contributed by atoms with Gasteiger partial charge in [0.15, 0.2) is 5.78 Å². The predicted octanol–water partition coefficient (Wildman–Crippen LogP) is 9.31. The molecule has 0 atom stereocenters. The standard InChI is InChI=1S/C23H22BN4S.C13H24O2.Ir/c1-13-10-14(2)19(15(3)11-13)21-16(4)20-22(29-21)23(26-12-25-20)24-27-17-8-6-7-9-18(17)28(24)5;1-5-10(6-2)12(14)9-13(15)11(7-3)8-4;/h6-12H,1-5H3;9-11,14H,5-8H2,1-4H3;/q-1;;/b;12-9-;. The number of fused-ring (bicyclic) bond motifs is 2. The van der Waals surface area contributed by atoms with Crippen LogP contribution in [0.15, 0.2) is 54.6 Å². The number of aliphatic hydroxyl groups is 1. The molecule has 1 aliphatic rings. The van der Waals surface area contributed by atoms with Gasteiger partial charge in [0, 0.05) is 54.2 Å². The molecule has 6 nitrogen and oxygen atoms in total. The third-order valence-corrected chi connectivity index (χ3v) is 10.2. The number of hydrogen-bond donors (Lipinski definition) is 1. The summed E-state index contributed by atoms with van der Waals surface area (Å²) in [4.78, 5) is 24.5. The first kappa shape index (κ1) is 36.5. The molecule has 0 unspecified atom stereocenters. The quantitative estimate of drug-likeness (QED) is 0.104. The first-order chi connectivity index (χ1) is 21.1. The Labute approximate surface area is 287 Å². The van der Waals surface area contributed by atoms with Gasteiger partial charge in [-0.05, 0) is 88.7 Å². The summed E-state index contributed by atoms with van der Waals surface area (Å²) < 4.78 is 1.13. The molecule has 4 aromatic rings. The van der Waals surface area contributed by atoms with Crippen LogP contribution in [0.4, 0.5) is 11.4 Å². The van der Waals surface area contributed by atoms with Crippen molar-refractivity contribution >= 4 is 51.3 Å². The number of nitrogens with zero attached hydrogens (tertiary/aromatic N) is 4. The number of aliphatic hydroxyl groups excluding tert-OH is 1. The van der Waals surface area contributed by atoms with E-state index in [0.29, 0.717) is 0 Å². The van der Waals surface area contributed by atoms with E-state index in [0.717, 1.165) is 52.9 Å². The van der Waals surface area contributed by atoms with Crippen molar-refractivity contribution in [2.24, 2.45) is 11.8 Å². The summed E-state index contributed by atoms with van der Waals surface area (Å²) in [6, 6.07) is 12.8. The Morgan fingerprint density at radius 2 is 1.58 bits per heavy atom. The van der Waals surface area contributed by atoms with E-state index < -0.39 is 0 Å². The van der Waals surface area contributed by atoms with Crippen LogP contribution in [0.1, 0.15) is 75.6 Å². The van der Waals surface area contributed by atoms with Crippen molar-refractivity contribution < 1.29 is 30.0 Å². The molecule has 1 N–H and O–H groups in total. The van der Waals surface area contributed by atoms with E-state index in [2.05, 4.69) is 74.9 Å². The molecule has 2 aromatic heterocycles. The normalized spacial score (nSPS) is 12.6. The van der Waals surface area contributed by atoms with Gasteiger partial charge in [-0.1, -0.05) is 63.6 Å². The number of para-hydroxylation sites is 1. The van der Waals surface area contributed by atoms with Crippen molar-refractivity contribution in [2.75, 3.05) is 11.9 Å². The fourth-order valence-corrected chi connectivity index (χ4v) is 7.69. The Morgan fingerprint density at radius 1 is 0.978 bits per heavy atom. The molecule has 1 radical (unpaired) electrons. The zero-order valence-corrected chi connectivity index (χ0v) is 31.3. The summed E-state index contributed by atoms with van der Waals surface area (Å²) in [6.45, 7) is 16.7. The molecule has 241 valence electrons. The number of rotatable bonds is 9. The second-order valence-corrected chi connectivity index (χ2v) is 12.9. The number of hydrogen-bond acceptors (Lipinski definition) is 6. The van der Waals surface area contributed by atoms with Crippen molar-refractivity contribution in [1.82, 2.24) is 9.97 Å². The van der Waals surface area contributed by atoms with E-state index in [1.54, 1.807) is 17.7 Å². The summed E-state index contributed by atoms with van der Waals surface area (Å²) in [5.41, 5.74) is 10.6. The number of anilines is 1. The molecule has 0 saturated heterocycles. The molecule has 5 rings (SSSR count). The molecular formula is C36H46BIrN4O2S-. The van der Waals surface area contributed by atoms with Gasteiger partial charge in [-0.15, -0.1) is 17.0 Å². The third-order valence-electron chi connectivity index (χ3n) is 8.85. The molecule has 45 heavy (non-hydrogen) atoms. The summed E-state index contributed by atoms with van der Waals surface area (Å²) in [5, 5.41) is 14.7. The number of benzene rings is 2. The summed E-state index contributed by atoms with van der Waals surface area (Å²) in [5.74, 6) is 0.547. The van der Waals surface area contributed by atoms with E-state index >= 15 is 0 Å². The number of ketones is 1. The maximum Gasteiger partial charge on any atom is 0.208 e. The molecule has 2 aromatic carbocycles. The molecule has 0 bridgehead atoms. The first-order valence-corrected chi connectivity index (χ1v) is 16.7. The van der Waals surface area contributed by atoms with Crippen molar-refractivity contribution in [2.45, 2.75) is 81.1 Å². The maximum atomic E-state index is 11.7. The molecule has 0 amide bonds. The Morgan fingerprint density at radius 3 is 2.16 bits per heavy atom. The molecule has 1 aliphatic heterocycles. The van der Waals surface area contributed by atoms with Gasteiger partial charge < -0.3 is 15.1 Å². The van der Waals surface area contributed by atoms with Gasteiger partial charge in [0.2, 0.25) is 6.98 Å². The summed E-state index contributed by atoms with van der Waals surface area (Å²) in [6.07, 6.45) is 6.59. The van der Waals surface area contributed by atoms with Crippen LogP contribution >= 0.6 is 11.3 Å². The average Bonchev–Trinajstić information content (AvgIpc) is 3.50. The Bertz CT molecular complexity index is 1640. The molecule has 0 aliphatic carbocycles. The second kappa shape index (κ2) is 16.0. The van der Waals surface area contributed by atoms with Crippen molar-refractivity contribution in [3.63, 3.8) is 0 Å². The van der Waals surface area contributed by atoms with Gasteiger partial charge >= 0.3 is 0 Å². The Hall–Kier alpha value is -3.00. The molecule has 0 fully saturated rings. The summed E-state index contributed by atoms with van der Waals surface area (Å²) >= 11 is 1.79. The zero-order valence-electron chi connectivity index (χ0n) is 28.1. The molecular weight excluding hydrogens is 756 g/mol. The van der Waals surface area contributed by atoms with Gasteiger partial charge in [-0.25, -0.2) is 9.97 Å². The zero-order chi connectivity index (χ0) is 32.1. The van der Waals surface area contributed by atoms with Crippen molar-refractivity contribution in [3.8, 4) is 10.4 Å². The number of aryl methyl sites for hydroxylation is 4. The van der Waals surface area contributed by atoms with Crippen LogP contribution in [0.2, 0.25) is 0 Å². The van der Waals surface area contributed by atoms with Crippen LogP contribution in [0, 0.1) is 39.5 Å². The van der Waals surface area contributed by atoms with Gasteiger partial charge in [0.25, 0.3) is 0 Å². The number of carbonyl (C=O) groups excluding carboxylic acids is 1. The molecule has 0 saturated carbocycles. The van der Waals surface area contributed by atoms with Crippen LogP contribution in [0.3, 0.4) is 0 Å². The van der Waals surface area contributed by atoms with Crippen LogP contribution in [-0.4, -0.2) is 34.9 Å². The smallest absolute Gasteiger partial charge is 0.208 e. The Kier molecular flexibility index (Phi) is 13.0. The number of carbonyl (C=O) groups is 1. The fourth-order valence-electron chi connectivity index (χ4n) is 6.25. The minimum absolute atomic E-state index is 0. The van der Waals surface area contributed by atoms with Crippen LogP contribution < -0.4 is 10.4 Å². The van der Waals surface area contributed by atoms with E-state index in [-0.39, 0.29) is 50.5 Å². The average molecular weight is 802 g/mol. The number of thiophene rings is 1. The largest absolute Gasteiger partial charge is 0.682 e. The molecule has 3 heterocycles.